The number of fused-ring (bicyclic) bond motifs is 1. The summed E-state index contributed by atoms with van der Waals surface area (Å²) in [6.07, 6.45) is 5.20. The van der Waals surface area contributed by atoms with Crippen molar-refractivity contribution < 1.29 is 8.81 Å². The lowest BCUT2D eigenvalue weighted by atomic mass is 10.1. The van der Waals surface area contributed by atoms with Gasteiger partial charge in [-0.2, -0.15) is 0 Å². The highest BCUT2D eigenvalue weighted by Crippen LogP contribution is 2.22. The maximum absolute atomic E-state index is 14.6. The molecule has 0 N–H and O–H groups in total. The minimum atomic E-state index is -0.511. The quantitative estimate of drug-likeness (QED) is 0.341. The summed E-state index contributed by atoms with van der Waals surface area (Å²) in [6.45, 7) is 2.70. The Kier molecular flexibility index (Phi) is 6.44. The van der Waals surface area contributed by atoms with Crippen LogP contribution in [0.25, 0.3) is 22.1 Å². The zero-order chi connectivity index (χ0) is 23.5. The molecule has 0 radical (unpaired) electrons. The number of benzene rings is 2. The summed E-state index contributed by atoms with van der Waals surface area (Å²) in [6, 6.07) is 15.3. The largest absolute Gasteiger partial charge is 0.459 e. The third kappa shape index (κ3) is 5.04. The molecule has 2 aromatic heterocycles. The Morgan fingerprint density at radius 1 is 0.971 bits per heavy atom. The molecular formula is C28H22ClFN2O2. The smallest absolute Gasteiger partial charge is 0.193 e. The van der Waals surface area contributed by atoms with Gasteiger partial charge in [-0.1, -0.05) is 36.1 Å². The van der Waals surface area contributed by atoms with Crippen LogP contribution in [0.5, 0.6) is 0 Å². The van der Waals surface area contributed by atoms with Gasteiger partial charge in [-0.15, -0.1) is 0 Å². The van der Waals surface area contributed by atoms with Crippen molar-refractivity contribution >= 4 is 22.6 Å². The zero-order valence-corrected chi connectivity index (χ0v) is 19.2. The lowest BCUT2D eigenvalue weighted by Crippen LogP contribution is -2.29. The normalized spacial score (nSPS) is 14.1. The highest BCUT2D eigenvalue weighted by Gasteiger charge is 2.13. The first-order valence-electron chi connectivity index (χ1n) is 11.3. The standard InChI is InChI=1S/C28H22ClFN2O2/c29-22-8-6-20(7-9-22)21-15-25(30)26(31-17-21)10-4-19-5-11-28-24(14-19)27(33)16-23(34-28)18-32-12-2-1-3-13-32/h5-9,11,14-17H,1-3,12-13,18H2. The van der Waals surface area contributed by atoms with Crippen LogP contribution in [0.15, 0.2) is 70.0 Å². The lowest BCUT2D eigenvalue weighted by molar-refractivity contribution is 0.206. The highest BCUT2D eigenvalue weighted by atomic mass is 35.5. The van der Waals surface area contributed by atoms with Crippen LogP contribution in [-0.4, -0.2) is 23.0 Å². The average Bonchev–Trinajstić information content (AvgIpc) is 2.84. The van der Waals surface area contributed by atoms with Crippen molar-refractivity contribution in [1.82, 2.24) is 9.88 Å². The van der Waals surface area contributed by atoms with Crippen LogP contribution in [0.1, 0.15) is 36.3 Å². The number of hydrogen-bond acceptors (Lipinski definition) is 4. The van der Waals surface area contributed by atoms with Gasteiger partial charge < -0.3 is 4.42 Å². The van der Waals surface area contributed by atoms with Crippen molar-refractivity contribution in [2.75, 3.05) is 13.1 Å². The molecule has 0 spiro atoms. The number of rotatable bonds is 3. The molecule has 0 bridgehead atoms. The molecule has 5 rings (SSSR count). The van der Waals surface area contributed by atoms with E-state index < -0.39 is 5.82 Å². The molecule has 6 heteroatoms. The van der Waals surface area contributed by atoms with Crippen LogP contribution in [-0.2, 0) is 6.54 Å². The van der Waals surface area contributed by atoms with Crippen molar-refractivity contribution in [2.45, 2.75) is 25.8 Å². The zero-order valence-electron chi connectivity index (χ0n) is 18.5. The lowest BCUT2D eigenvalue weighted by Gasteiger charge is -2.25. The van der Waals surface area contributed by atoms with E-state index in [1.807, 2.05) is 12.1 Å². The number of likely N-dealkylation sites (tertiary alicyclic amines) is 1. The maximum Gasteiger partial charge on any atom is 0.193 e. The molecule has 4 aromatic rings. The van der Waals surface area contributed by atoms with Gasteiger partial charge >= 0.3 is 0 Å². The molecule has 0 atom stereocenters. The molecular weight excluding hydrogens is 451 g/mol. The molecule has 0 amide bonds. The van der Waals surface area contributed by atoms with Crippen LogP contribution < -0.4 is 5.43 Å². The third-order valence-electron chi connectivity index (χ3n) is 5.95. The van der Waals surface area contributed by atoms with Crippen LogP contribution >= 0.6 is 11.6 Å². The fourth-order valence-corrected chi connectivity index (χ4v) is 4.29. The second-order valence-electron chi connectivity index (χ2n) is 8.44. The van der Waals surface area contributed by atoms with E-state index in [-0.39, 0.29) is 11.1 Å². The number of halogens is 2. The first kappa shape index (κ1) is 22.3. The van der Waals surface area contributed by atoms with E-state index in [4.69, 9.17) is 16.0 Å². The minimum Gasteiger partial charge on any atom is -0.459 e. The summed E-state index contributed by atoms with van der Waals surface area (Å²) in [5.74, 6) is 5.84. The monoisotopic (exact) mass is 472 g/mol. The van der Waals surface area contributed by atoms with Crippen molar-refractivity contribution in [1.29, 1.82) is 0 Å². The van der Waals surface area contributed by atoms with Crippen molar-refractivity contribution in [3.63, 3.8) is 0 Å². The fourth-order valence-electron chi connectivity index (χ4n) is 4.16. The number of hydrogen-bond donors (Lipinski definition) is 0. The first-order valence-corrected chi connectivity index (χ1v) is 11.7. The van der Waals surface area contributed by atoms with Crippen molar-refractivity contribution in [3.05, 3.63) is 98.9 Å². The molecule has 2 aromatic carbocycles. The van der Waals surface area contributed by atoms with Gasteiger partial charge in [0.05, 0.1) is 11.9 Å². The molecule has 0 aliphatic carbocycles. The summed E-state index contributed by atoms with van der Waals surface area (Å²) in [5.41, 5.74) is 2.52. The van der Waals surface area contributed by atoms with E-state index in [1.165, 1.54) is 25.3 Å². The molecule has 3 heterocycles. The first-order chi connectivity index (χ1) is 16.5. The van der Waals surface area contributed by atoms with Gasteiger partial charge in [0, 0.05) is 28.4 Å². The number of aromatic nitrogens is 1. The SMILES string of the molecule is O=c1cc(CN2CCCCC2)oc2ccc(C#Cc3ncc(-c4ccc(Cl)cc4)cc3F)cc12. The topological polar surface area (TPSA) is 46.3 Å². The molecule has 1 saturated heterocycles. The third-order valence-corrected chi connectivity index (χ3v) is 6.20. The van der Waals surface area contributed by atoms with Crippen LogP contribution in [0, 0.1) is 17.7 Å². The Morgan fingerprint density at radius 3 is 2.53 bits per heavy atom. The Balaban J connectivity index is 1.37. The molecule has 1 aliphatic heterocycles. The predicted molar refractivity (Wildman–Crippen MR) is 132 cm³/mol. The molecule has 170 valence electrons. The minimum absolute atomic E-state index is 0.0433. The second kappa shape index (κ2) is 9.80. The van der Waals surface area contributed by atoms with Crippen LogP contribution in [0.4, 0.5) is 4.39 Å². The van der Waals surface area contributed by atoms with Gasteiger partial charge in [-0.05, 0) is 73.8 Å². The number of piperidine rings is 1. The van der Waals surface area contributed by atoms with E-state index >= 15 is 0 Å². The Labute approximate surface area is 202 Å². The summed E-state index contributed by atoms with van der Waals surface area (Å²) in [4.78, 5) is 19.2. The molecule has 0 saturated carbocycles. The van der Waals surface area contributed by atoms with E-state index in [0.29, 0.717) is 39.4 Å². The van der Waals surface area contributed by atoms with Gasteiger partial charge in [0.25, 0.3) is 0 Å². The van der Waals surface area contributed by atoms with Gasteiger partial charge in [0.15, 0.2) is 11.2 Å². The van der Waals surface area contributed by atoms with Gasteiger partial charge in [0.1, 0.15) is 17.0 Å². The molecule has 1 aliphatic rings. The number of pyridine rings is 1. The van der Waals surface area contributed by atoms with Crippen LogP contribution in [0.2, 0.25) is 5.02 Å². The molecule has 0 unspecified atom stereocenters. The Morgan fingerprint density at radius 2 is 1.76 bits per heavy atom. The van der Waals surface area contributed by atoms with Gasteiger partial charge in [0.2, 0.25) is 0 Å². The Bertz CT molecular complexity index is 1460. The average molecular weight is 473 g/mol. The molecule has 1 fully saturated rings. The predicted octanol–water partition coefficient (Wildman–Crippen LogP) is 6.03. The van der Waals surface area contributed by atoms with Crippen molar-refractivity contribution in [2.24, 2.45) is 0 Å². The van der Waals surface area contributed by atoms with Gasteiger partial charge in [-0.25, -0.2) is 9.37 Å². The summed E-state index contributed by atoms with van der Waals surface area (Å²) in [5, 5.41) is 1.07. The van der Waals surface area contributed by atoms with Crippen molar-refractivity contribution in [3.8, 4) is 23.0 Å². The van der Waals surface area contributed by atoms with Crippen LogP contribution in [0.3, 0.4) is 0 Å². The molecule has 4 nitrogen and oxygen atoms in total. The molecule has 34 heavy (non-hydrogen) atoms. The second-order valence-corrected chi connectivity index (χ2v) is 8.87. The summed E-state index contributed by atoms with van der Waals surface area (Å²) in [7, 11) is 0. The number of nitrogens with zero attached hydrogens (tertiary/aromatic N) is 2. The highest BCUT2D eigenvalue weighted by molar-refractivity contribution is 6.30. The van der Waals surface area contributed by atoms with E-state index in [9.17, 15) is 9.18 Å². The van der Waals surface area contributed by atoms with E-state index in [1.54, 1.807) is 42.6 Å². The van der Waals surface area contributed by atoms with Gasteiger partial charge in [-0.3, -0.25) is 9.69 Å². The van der Waals surface area contributed by atoms with E-state index in [2.05, 4.69) is 21.7 Å². The summed E-state index contributed by atoms with van der Waals surface area (Å²) >= 11 is 5.91. The Hall–Kier alpha value is -3.46. The fraction of sp³-hybridized carbons (Fsp3) is 0.214. The maximum atomic E-state index is 14.6. The summed E-state index contributed by atoms with van der Waals surface area (Å²) < 4.78 is 20.6. The van der Waals surface area contributed by atoms with E-state index in [0.717, 1.165) is 18.7 Å².